The van der Waals surface area contributed by atoms with Gasteiger partial charge in [-0.2, -0.15) is 0 Å². The molecule has 1 heterocycles. The smallest absolute Gasteiger partial charge is 0.120 e. The molecule has 1 fully saturated rings. The highest BCUT2D eigenvalue weighted by molar-refractivity contribution is 5.31. The molecule has 1 N–H and O–H groups in total. The van der Waals surface area contributed by atoms with E-state index < -0.39 is 0 Å². The van der Waals surface area contributed by atoms with Gasteiger partial charge in [0.1, 0.15) is 5.75 Å². The van der Waals surface area contributed by atoms with Crippen LogP contribution in [0, 0.1) is 0 Å². The normalized spacial score (nSPS) is 21.1. The highest BCUT2D eigenvalue weighted by Gasteiger charge is 2.14. The summed E-state index contributed by atoms with van der Waals surface area (Å²) in [5, 5.41) is 3.56. The van der Waals surface area contributed by atoms with Crippen molar-refractivity contribution in [2.75, 3.05) is 6.54 Å². The van der Waals surface area contributed by atoms with Crippen LogP contribution in [0.2, 0.25) is 0 Å². The van der Waals surface area contributed by atoms with E-state index in [1.54, 1.807) is 0 Å². The minimum Gasteiger partial charge on any atom is -0.491 e. The zero-order valence-corrected chi connectivity index (χ0v) is 10.2. The van der Waals surface area contributed by atoms with Gasteiger partial charge in [0.05, 0.1) is 6.10 Å². The quantitative estimate of drug-likeness (QED) is 0.842. The Bertz CT molecular complexity index is 329. The number of ether oxygens (including phenoxy) is 1. The molecule has 0 aliphatic carbocycles. The molecule has 1 aromatic rings. The van der Waals surface area contributed by atoms with Crippen LogP contribution in [0.25, 0.3) is 0 Å². The summed E-state index contributed by atoms with van der Waals surface area (Å²) in [5.74, 6) is 0.986. The molecule has 1 atom stereocenters. The SMILES string of the molecule is CC(C)Oc1cccc(C2CCCCN2)c1. The molecule has 0 spiro atoms. The van der Waals surface area contributed by atoms with Gasteiger partial charge in [0.25, 0.3) is 0 Å². The second-order valence-corrected chi connectivity index (χ2v) is 4.74. The Hall–Kier alpha value is -1.02. The van der Waals surface area contributed by atoms with E-state index in [9.17, 15) is 0 Å². The molecule has 0 radical (unpaired) electrons. The molecule has 1 saturated heterocycles. The third-order valence-electron chi connectivity index (χ3n) is 2.94. The Morgan fingerprint density at radius 2 is 2.19 bits per heavy atom. The Kier molecular flexibility index (Phi) is 3.83. The van der Waals surface area contributed by atoms with Crippen molar-refractivity contribution in [3.8, 4) is 5.75 Å². The molecule has 0 amide bonds. The lowest BCUT2D eigenvalue weighted by molar-refractivity contribution is 0.242. The van der Waals surface area contributed by atoms with E-state index >= 15 is 0 Å². The van der Waals surface area contributed by atoms with Gasteiger partial charge in [-0.15, -0.1) is 0 Å². The first-order chi connectivity index (χ1) is 7.75. The van der Waals surface area contributed by atoms with Crippen molar-refractivity contribution in [1.29, 1.82) is 0 Å². The van der Waals surface area contributed by atoms with Crippen molar-refractivity contribution >= 4 is 0 Å². The van der Waals surface area contributed by atoms with Gasteiger partial charge in [-0.25, -0.2) is 0 Å². The van der Waals surface area contributed by atoms with Crippen LogP contribution in [0.5, 0.6) is 5.75 Å². The lowest BCUT2D eigenvalue weighted by Crippen LogP contribution is -2.26. The average molecular weight is 219 g/mol. The molecule has 1 aliphatic heterocycles. The first kappa shape index (κ1) is 11.5. The molecule has 0 saturated carbocycles. The van der Waals surface area contributed by atoms with Crippen molar-refractivity contribution in [1.82, 2.24) is 5.32 Å². The summed E-state index contributed by atoms with van der Waals surface area (Å²) in [6.07, 6.45) is 4.12. The van der Waals surface area contributed by atoms with Gasteiger partial charge in [-0.05, 0) is 50.9 Å². The minimum atomic E-state index is 0.245. The predicted octanol–water partition coefficient (Wildman–Crippen LogP) is 3.29. The number of rotatable bonds is 3. The highest BCUT2D eigenvalue weighted by atomic mass is 16.5. The maximum absolute atomic E-state index is 5.72. The summed E-state index contributed by atoms with van der Waals surface area (Å²) >= 11 is 0. The number of hydrogen-bond donors (Lipinski definition) is 1. The molecule has 0 aromatic heterocycles. The molecule has 0 bridgehead atoms. The van der Waals surface area contributed by atoms with E-state index in [2.05, 4.69) is 37.4 Å². The Balaban J connectivity index is 2.08. The fraction of sp³-hybridized carbons (Fsp3) is 0.571. The fourth-order valence-electron chi connectivity index (χ4n) is 2.21. The van der Waals surface area contributed by atoms with Crippen LogP contribution in [0.1, 0.15) is 44.7 Å². The number of benzene rings is 1. The maximum Gasteiger partial charge on any atom is 0.120 e. The lowest BCUT2D eigenvalue weighted by Gasteiger charge is -2.24. The van der Waals surface area contributed by atoms with Crippen molar-refractivity contribution < 1.29 is 4.74 Å². The van der Waals surface area contributed by atoms with E-state index in [4.69, 9.17) is 4.74 Å². The van der Waals surface area contributed by atoms with Gasteiger partial charge >= 0.3 is 0 Å². The van der Waals surface area contributed by atoms with E-state index in [-0.39, 0.29) is 6.10 Å². The van der Waals surface area contributed by atoms with Gasteiger partial charge < -0.3 is 10.1 Å². The zero-order valence-electron chi connectivity index (χ0n) is 10.2. The summed E-state index contributed by atoms with van der Waals surface area (Å²) in [7, 11) is 0. The van der Waals surface area contributed by atoms with Gasteiger partial charge in [0.15, 0.2) is 0 Å². The van der Waals surface area contributed by atoms with Crippen molar-refractivity contribution in [3.05, 3.63) is 29.8 Å². The summed E-state index contributed by atoms with van der Waals surface area (Å²) in [6.45, 7) is 5.26. The standard InChI is InChI=1S/C14H21NO/c1-11(2)16-13-7-5-6-12(10-13)14-8-3-4-9-15-14/h5-7,10-11,14-15H,3-4,8-9H2,1-2H3. The van der Waals surface area contributed by atoms with E-state index in [0.717, 1.165) is 12.3 Å². The monoisotopic (exact) mass is 219 g/mol. The topological polar surface area (TPSA) is 21.3 Å². The predicted molar refractivity (Wildman–Crippen MR) is 66.8 cm³/mol. The zero-order chi connectivity index (χ0) is 11.4. The molecule has 1 aliphatic rings. The van der Waals surface area contributed by atoms with E-state index in [1.807, 2.05) is 6.07 Å². The molecule has 1 unspecified atom stereocenters. The minimum absolute atomic E-state index is 0.245. The lowest BCUT2D eigenvalue weighted by atomic mass is 9.97. The Labute approximate surface area is 98.0 Å². The largest absolute Gasteiger partial charge is 0.491 e. The summed E-state index contributed by atoms with van der Waals surface area (Å²) in [5.41, 5.74) is 1.36. The van der Waals surface area contributed by atoms with Crippen LogP contribution < -0.4 is 10.1 Å². The van der Waals surface area contributed by atoms with E-state index in [1.165, 1.54) is 24.8 Å². The van der Waals surface area contributed by atoms with Crippen molar-refractivity contribution in [3.63, 3.8) is 0 Å². The fourth-order valence-corrected chi connectivity index (χ4v) is 2.21. The van der Waals surface area contributed by atoms with Gasteiger partial charge in [0, 0.05) is 6.04 Å². The number of piperidine rings is 1. The van der Waals surface area contributed by atoms with Crippen LogP contribution in [0.3, 0.4) is 0 Å². The average Bonchev–Trinajstić information content (AvgIpc) is 2.30. The van der Waals surface area contributed by atoms with Crippen LogP contribution in [-0.2, 0) is 0 Å². The van der Waals surface area contributed by atoms with Gasteiger partial charge in [-0.3, -0.25) is 0 Å². The van der Waals surface area contributed by atoms with Crippen LogP contribution in [0.4, 0.5) is 0 Å². The first-order valence-electron chi connectivity index (χ1n) is 6.26. The number of nitrogens with one attached hydrogen (secondary N) is 1. The Morgan fingerprint density at radius 3 is 2.88 bits per heavy atom. The summed E-state index contributed by atoms with van der Waals surface area (Å²) in [6, 6.07) is 9.00. The maximum atomic E-state index is 5.72. The summed E-state index contributed by atoms with van der Waals surface area (Å²) < 4.78 is 5.72. The van der Waals surface area contributed by atoms with Gasteiger partial charge in [0.2, 0.25) is 0 Å². The molecule has 88 valence electrons. The summed E-state index contributed by atoms with van der Waals surface area (Å²) in [4.78, 5) is 0. The Morgan fingerprint density at radius 1 is 1.31 bits per heavy atom. The number of hydrogen-bond acceptors (Lipinski definition) is 2. The molecule has 2 rings (SSSR count). The van der Waals surface area contributed by atoms with Crippen LogP contribution in [0.15, 0.2) is 24.3 Å². The van der Waals surface area contributed by atoms with Crippen molar-refractivity contribution in [2.45, 2.75) is 45.3 Å². The van der Waals surface area contributed by atoms with Crippen LogP contribution in [-0.4, -0.2) is 12.6 Å². The van der Waals surface area contributed by atoms with Crippen molar-refractivity contribution in [2.24, 2.45) is 0 Å². The second kappa shape index (κ2) is 5.35. The molecule has 16 heavy (non-hydrogen) atoms. The third-order valence-corrected chi connectivity index (χ3v) is 2.94. The molecular weight excluding hydrogens is 198 g/mol. The molecule has 2 heteroatoms. The second-order valence-electron chi connectivity index (χ2n) is 4.74. The van der Waals surface area contributed by atoms with E-state index in [0.29, 0.717) is 6.04 Å². The van der Waals surface area contributed by atoms with Gasteiger partial charge in [-0.1, -0.05) is 18.6 Å². The highest BCUT2D eigenvalue weighted by Crippen LogP contribution is 2.26. The molecule has 1 aromatic carbocycles. The van der Waals surface area contributed by atoms with Crippen LogP contribution >= 0.6 is 0 Å². The first-order valence-corrected chi connectivity index (χ1v) is 6.26. The molecule has 2 nitrogen and oxygen atoms in total. The molecular formula is C14H21NO. The third kappa shape index (κ3) is 2.99.